The zero-order valence-corrected chi connectivity index (χ0v) is 17.8. The molecule has 0 radical (unpaired) electrons. The maximum absolute atomic E-state index is 12.9. The van der Waals surface area contributed by atoms with E-state index in [1.165, 1.54) is 12.1 Å². The van der Waals surface area contributed by atoms with Gasteiger partial charge in [0.25, 0.3) is 0 Å². The molecule has 0 fully saturated rings. The molecule has 6 nitrogen and oxygen atoms in total. The molecule has 0 aliphatic heterocycles. The highest BCUT2D eigenvalue weighted by Crippen LogP contribution is 2.10. The summed E-state index contributed by atoms with van der Waals surface area (Å²) in [5.74, 6) is 1.22. The third-order valence-electron chi connectivity index (χ3n) is 3.56. The Hall–Kier alpha value is -1.84. The Morgan fingerprint density at radius 1 is 1.35 bits per heavy atom. The van der Waals surface area contributed by atoms with E-state index in [2.05, 4.69) is 15.4 Å². The van der Waals surface area contributed by atoms with Gasteiger partial charge in [0.1, 0.15) is 18.2 Å². The van der Waals surface area contributed by atoms with Crippen molar-refractivity contribution in [3.63, 3.8) is 0 Å². The molecule has 0 unspecified atom stereocenters. The van der Waals surface area contributed by atoms with Crippen LogP contribution in [-0.2, 0) is 6.54 Å². The number of aryl methyl sites for hydroxylation is 1. The van der Waals surface area contributed by atoms with E-state index in [4.69, 9.17) is 4.74 Å². The first-order valence-corrected chi connectivity index (χ1v) is 8.45. The van der Waals surface area contributed by atoms with Crippen LogP contribution in [0.1, 0.15) is 12.5 Å². The van der Waals surface area contributed by atoms with Crippen molar-refractivity contribution in [3.05, 3.63) is 48.0 Å². The van der Waals surface area contributed by atoms with Crippen LogP contribution in [0.15, 0.2) is 41.7 Å². The van der Waals surface area contributed by atoms with Crippen molar-refractivity contribution in [3.8, 4) is 5.75 Å². The lowest BCUT2D eigenvalue weighted by molar-refractivity contribution is 0.281. The van der Waals surface area contributed by atoms with Gasteiger partial charge in [-0.05, 0) is 43.7 Å². The molecule has 1 aromatic carbocycles. The van der Waals surface area contributed by atoms with Gasteiger partial charge in [0.15, 0.2) is 5.96 Å². The number of benzene rings is 1. The van der Waals surface area contributed by atoms with E-state index in [0.717, 1.165) is 24.6 Å². The molecule has 0 aliphatic rings. The Morgan fingerprint density at radius 3 is 2.69 bits per heavy atom. The fraction of sp³-hybridized carbons (Fsp3) is 0.444. The molecule has 0 aliphatic carbocycles. The van der Waals surface area contributed by atoms with Gasteiger partial charge in [-0.15, -0.1) is 24.0 Å². The molecule has 0 atom stereocenters. The third-order valence-corrected chi connectivity index (χ3v) is 3.56. The number of nitrogens with one attached hydrogen (secondary N) is 1. The summed E-state index contributed by atoms with van der Waals surface area (Å²) < 4.78 is 20.4. The van der Waals surface area contributed by atoms with Crippen LogP contribution in [-0.4, -0.2) is 53.9 Å². The van der Waals surface area contributed by atoms with Gasteiger partial charge < -0.3 is 15.0 Å². The van der Waals surface area contributed by atoms with E-state index in [9.17, 15) is 4.39 Å². The van der Waals surface area contributed by atoms with Crippen molar-refractivity contribution in [2.24, 2.45) is 4.99 Å². The highest BCUT2D eigenvalue weighted by atomic mass is 127. The lowest BCUT2D eigenvalue weighted by atomic mass is 10.3. The molecule has 26 heavy (non-hydrogen) atoms. The molecule has 0 saturated heterocycles. The normalized spacial score (nSPS) is 11.0. The maximum Gasteiger partial charge on any atom is 0.193 e. The minimum Gasteiger partial charge on any atom is -0.492 e. The van der Waals surface area contributed by atoms with Crippen LogP contribution in [0.4, 0.5) is 4.39 Å². The minimum absolute atomic E-state index is 0. The van der Waals surface area contributed by atoms with Gasteiger partial charge in [-0.1, -0.05) is 0 Å². The number of nitrogens with zero attached hydrogens (tertiary/aromatic N) is 4. The number of ether oxygens (including phenoxy) is 1. The second-order valence-corrected chi connectivity index (χ2v) is 5.74. The summed E-state index contributed by atoms with van der Waals surface area (Å²) in [5.41, 5.74) is 1.14. The van der Waals surface area contributed by atoms with E-state index in [-0.39, 0.29) is 29.8 Å². The fourth-order valence-corrected chi connectivity index (χ4v) is 2.25. The molecule has 1 heterocycles. The van der Waals surface area contributed by atoms with Gasteiger partial charge >= 0.3 is 0 Å². The smallest absolute Gasteiger partial charge is 0.193 e. The van der Waals surface area contributed by atoms with Gasteiger partial charge in [0, 0.05) is 19.8 Å². The Balaban J connectivity index is 0.00000338. The van der Waals surface area contributed by atoms with Crippen molar-refractivity contribution in [2.45, 2.75) is 20.4 Å². The van der Waals surface area contributed by atoms with Crippen molar-refractivity contribution in [1.29, 1.82) is 0 Å². The van der Waals surface area contributed by atoms with E-state index in [0.29, 0.717) is 25.4 Å². The highest BCUT2D eigenvalue weighted by molar-refractivity contribution is 14.0. The van der Waals surface area contributed by atoms with Gasteiger partial charge in [-0.3, -0.25) is 9.67 Å². The first-order chi connectivity index (χ1) is 12.1. The Labute approximate surface area is 171 Å². The van der Waals surface area contributed by atoms with Crippen LogP contribution >= 0.6 is 24.0 Å². The number of hydrogen-bond acceptors (Lipinski definition) is 3. The van der Waals surface area contributed by atoms with Crippen LogP contribution in [0.3, 0.4) is 0 Å². The highest BCUT2D eigenvalue weighted by Gasteiger charge is 2.06. The molecular formula is C18H27FIN5O. The Bertz CT molecular complexity index is 674. The van der Waals surface area contributed by atoms with E-state index in [1.807, 2.05) is 42.9 Å². The lowest BCUT2D eigenvalue weighted by Gasteiger charge is -2.22. The molecule has 0 amide bonds. The van der Waals surface area contributed by atoms with Gasteiger partial charge in [0.2, 0.25) is 0 Å². The molecule has 2 rings (SSSR count). The summed E-state index contributed by atoms with van der Waals surface area (Å²) in [5, 5.41) is 7.53. The quantitative estimate of drug-likeness (QED) is 0.363. The molecule has 0 saturated carbocycles. The predicted molar refractivity (Wildman–Crippen MR) is 113 cm³/mol. The summed E-state index contributed by atoms with van der Waals surface area (Å²) in [4.78, 5) is 6.64. The number of hydrogen-bond donors (Lipinski definition) is 1. The minimum atomic E-state index is -0.265. The second-order valence-electron chi connectivity index (χ2n) is 5.74. The van der Waals surface area contributed by atoms with Gasteiger partial charge in [-0.25, -0.2) is 4.39 Å². The number of likely N-dealkylation sites (N-methyl/N-ethyl adjacent to an activating group) is 1. The molecule has 144 valence electrons. The average Bonchev–Trinajstić information content (AvgIpc) is 3.01. The third kappa shape index (κ3) is 7.59. The number of aliphatic imine (C=N–C) groups is 1. The summed E-state index contributed by atoms with van der Waals surface area (Å²) in [6, 6.07) is 6.03. The van der Waals surface area contributed by atoms with Crippen LogP contribution in [0.5, 0.6) is 5.75 Å². The SMILES string of the molecule is CCNC(=NCCn1cc(C)cn1)N(C)CCOc1ccc(F)cc1.I. The number of aromatic nitrogens is 2. The average molecular weight is 475 g/mol. The number of guanidine groups is 1. The first-order valence-electron chi connectivity index (χ1n) is 8.45. The standard InChI is InChI=1S/C18H26FN5O.HI/c1-4-20-18(21-9-10-24-14-15(2)13-22-24)23(3)11-12-25-17-7-5-16(19)6-8-17;/h5-8,13-14H,4,9-12H2,1-3H3,(H,20,21);1H. The zero-order chi connectivity index (χ0) is 18.1. The zero-order valence-electron chi connectivity index (χ0n) is 15.5. The summed E-state index contributed by atoms with van der Waals surface area (Å²) >= 11 is 0. The maximum atomic E-state index is 12.9. The van der Waals surface area contributed by atoms with Gasteiger partial charge in [-0.2, -0.15) is 5.10 Å². The molecule has 2 aromatic rings. The molecule has 1 N–H and O–H groups in total. The van der Waals surface area contributed by atoms with Crippen LogP contribution < -0.4 is 10.1 Å². The molecule has 8 heteroatoms. The number of halogens is 2. The van der Waals surface area contributed by atoms with E-state index < -0.39 is 0 Å². The number of rotatable bonds is 8. The Kier molecular flexibility index (Phi) is 10.0. The summed E-state index contributed by atoms with van der Waals surface area (Å²) in [6.45, 7) is 7.40. The monoisotopic (exact) mass is 475 g/mol. The lowest BCUT2D eigenvalue weighted by Crippen LogP contribution is -2.41. The topological polar surface area (TPSA) is 54.7 Å². The summed E-state index contributed by atoms with van der Waals surface area (Å²) in [6.07, 6.45) is 3.84. The van der Waals surface area contributed by atoms with Crippen LogP contribution in [0.25, 0.3) is 0 Å². The summed E-state index contributed by atoms with van der Waals surface area (Å²) in [7, 11) is 1.97. The molecule has 1 aromatic heterocycles. The van der Waals surface area contributed by atoms with E-state index >= 15 is 0 Å². The predicted octanol–water partition coefficient (Wildman–Crippen LogP) is 2.92. The van der Waals surface area contributed by atoms with Crippen molar-refractivity contribution < 1.29 is 9.13 Å². The van der Waals surface area contributed by atoms with Crippen molar-refractivity contribution in [2.75, 3.05) is 33.3 Å². The van der Waals surface area contributed by atoms with Crippen LogP contribution in [0, 0.1) is 12.7 Å². The molecule has 0 spiro atoms. The molecule has 0 bridgehead atoms. The second kappa shape index (κ2) is 11.7. The molecular weight excluding hydrogens is 448 g/mol. The van der Waals surface area contributed by atoms with Gasteiger partial charge in [0.05, 0.1) is 25.8 Å². The largest absolute Gasteiger partial charge is 0.492 e. The van der Waals surface area contributed by atoms with Crippen molar-refractivity contribution in [1.82, 2.24) is 20.0 Å². The Morgan fingerprint density at radius 2 is 2.08 bits per heavy atom. The fourth-order valence-electron chi connectivity index (χ4n) is 2.25. The van der Waals surface area contributed by atoms with E-state index in [1.54, 1.807) is 12.1 Å². The van der Waals surface area contributed by atoms with Crippen molar-refractivity contribution >= 4 is 29.9 Å². The van der Waals surface area contributed by atoms with Crippen LogP contribution in [0.2, 0.25) is 0 Å². The first kappa shape index (κ1) is 22.2.